The molecule has 0 bridgehead atoms. The Morgan fingerprint density at radius 1 is 1.31 bits per heavy atom. The lowest BCUT2D eigenvalue weighted by atomic mass is 10.1. The fourth-order valence-electron chi connectivity index (χ4n) is 1.06. The molecule has 2 heteroatoms. The molecule has 1 aromatic carbocycles. The van der Waals surface area contributed by atoms with E-state index in [0.29, 0.717) is 5.88 Å². The number of aryl methyl sites for hydroxylation is 1. The van der Waals surface area contributed by atoms with E-state index in [0.717, 1.165) is 11.5 Å². The number of hydrogen-bond acceptors (Lipinski definition) is 0. The van der Waals surface area contributed by atoms with Gasteiger partial charge in [-0.1, -0.05) is 47.5 Å². The summed E-state index contributed by atoms with van der Waals surface area (Å²) in [5.74, 6) is 0.477. The molecule has 0 aromatic heterocycles. The Labute approximate surface area is 89.2 Å². The normalized spacial score (nSPS) is 11.8. The average Bonchev–Trinajstić information content (AvgIpc) is 2.09. The summed E-state index contributed by atoms with van der Waals surface area (Å²) in [5.41, 5.74) is 2.48. The van der Waals surface area contributed by atoms with Crippen LogP contribution in [0.3, 0.4) is 0 Å². The molecule has 0 unspecified atom stereocenters. The van der Waals surface area contributed by atoms with Crippen molar-refractivity contribution in [2.75, 3.05) is 5.88 Å². The molecule has 0 aliphatic rings. The monoisotopic (exact) mass is 214 g/mol. The molecule has 0 amide bonds. The smallest absolute Gasteiger partial charge is 0.0418 e. The molecule has 0 spiro atoms. The van der Waals surface area contributed by atoms with Crippen molar-refractivity contribution in [1.29, 1.82) is 0 Å². The van der Waals surface area contributed by atoms with Crippen LogP contribution in [-0.2, 0) is 6.42 Å². The Balaban J connectivity index is 2.64. The Morgan fingerprint density at radius 2 is 1.92 bits per heavy atom. The van der Waals surface area contributed by atoms with Gasteiger partial charge in [-0.25, -0.2) is 0 Å². The molecule has 1 rings (SSSR count). The van der Waals surface area contributed by atoms with E-state index in [9.17, 15) is 0 Å². The van der Waals surface area contributed by atoms with Crippen LogP contribution in [0.4, 0.5) is 0 Å². The molecule has 0 aliphatic carbocycles. The van der Waals surface area contributed by atoms with E-state index in [2.05, 4.69) is 31.2 Å². The highest BCUT2D eigenvalue weighted by molar-refractivity contribution is 6.30. The molecule has 0 fully saturated rings. The summed E-state index contributed by atoms with van der Waals surface area (Å²) in [6.45, 7) is 2.07. The van der Waals surface area contributed by atoms with Gasteiger partial charge in [-0.15, -0.1) is 11.6 Å². The molecule has 70 valence electrons. The van der Waals surface area contributed by atoms with E-state index in [-0.39, 0.29) is 0 Å². The first-order chi connectivity index (χ1) is 6.22. The third kappa shape index (κ3) is 3.84. The summed E-state index contributed by atoms with van der Waals surface area (Å²) >= 11 is 11.5. The van der Waals surface area contributed by atoms with Gasteiger partial charge in [-0.2, -0.15) is 0 Å². The van der Waals surface area contributed by atoms with Gasteiger partial charge in [0.05, 0.1) is 0 Å². The number of benzene rings is 1. The Morgan fingerprint density at radius 3 is 2.46 bits per heavy atom. The molecule has 0 saturated heterocycles. The van der Waals surface area contributed by atoms with Crippen LogP contribution >= 0.6 is 23.2 Å². The highest BCUT2D eigenvalue weighted by Crippen LogP contribution is 2.12. The lowest BCUT2D eigenvalue weighted by molar-refractivity contribution is 1.22. The zero-order chi connectivity index (χ0) is 9.68. The average molecular weight is 215 g/mol. The van der Waals surface area contributed by atoms with Crippen molar-refractivity contribution >= 4 is 23.2 Å². The summed E-state index contributed by atoms with van der Waals surface area (Å²) in [6.07, 6.45) is 2.59. The zero-order valence-corrected chi connectivity index (χ0v) is 9.07. The van der Waals surface area contributed by atoms with Gasteiger partial charge < -0.3 is 0 Å². The predicted molar refractivity (Wildman–Crippen MR) is 59.5 cm³/mol. The molecule has 0 saturated carbocycles. The van der Waals surface area contributed by atoms with Gasteiger partial charge in [-0.3, -0.25) is 0 Å². The summed E-state index contributed by atoms with van der Waals surface area (Å²) in [7, 11) is 0. The maximum absolute atomic E-state index is 5.93. The molecule has 0 atom stereocenters. The van der Waals surface area contributed by atoms with Crippen molar-refractivity contribution in [3.63, 3.8) is 0 Å². The lowest BCUT2D eigenvalue weighted by Gasteiger charge is -2.00. The van der Waals surface area contributed by atoms with E-state index < -0.39 is 0 Å². The van der Waals surface area contributed by atoms with E-state index in [1.807, 2.05) is 6.08 Å². The zero-order valence-electron chi connectivity index (χ0n) is 7.56. The second kappa shape index (κ2) is 5.31. The van der Waals surface area contributed by atoms with Gasteiger partial charge in [0.25, 0.3) is 0 Å². The van der Waals surface area contributed by atoms with Crippen LogP contribution in [0.5, 0.6) is 0 Å². The highest BCUT2D eigenvalue weighted by Gasteiger charge is 1.95. The third-order valence-corrected chi connectivity index (χ3v) is 2.23. The van der Waals surface area contributed by atoms with Gasteiger partial charge >= 0.3 is 0 Å². The van der Waals surface area contributed by atoms with Gasteiger partial charge in [0.15, 0.2) is 0 Å². The van der Waals surface area contributed by atoms with Gasteiger partial charge in [0, 0.05) is 17.3 Å². The molecular formula is C11H12Cl2. The maximum Gasteiger partial charge on any atom is 0.0418 e. The number of allylic oxidation sites excluding steroid dienone is 2. The van der Waals surface area contributed by atoms with Crippen molar-refractivity contribution in [1.82, 2.24) is 0 Å². The Kier molecular flexibility index (Phi) is 4.34. The SMILES string of the molecule is Cc1ccc(C/C(Cl)=C/CCl)cc1. The summed E-state index contributed by atoms with van der Waals surface area (Å²) in [6, 6.07) is 8.33. The minimum Gasteiger partial charge on any atom is -0.122 e. The molecule has 0 N–H and O–H groups in total. The van der Waals surface area contributed by atoms with Gasteiger partial charge in [0.2, 0.25) is 0 Å². The molecule has 0 nitrogen and oxygen atoms in total. The van der Waals surface area contributed by atoms with Crippen LogP contribution in [0.25, 0.3) is 0 Å². The molecule has 0 radical (unpaired) electrons. The number of hydrogen-bond donors (Lipinski definition) is 0. The van der Waals surface area contributed by atoms with Crippen LogP contribution in [-0.4, -0.2) is 5.88 Å². The van der Waals surface area contributed by atoms with Crippen molar-refractivity contribution < 1.29 is 0 Å². The minimum absolute atomic E-state index is 0.477. The van der Waals surface area contributed by atoms with E-state index in [1.54, 1.807) is 0 Å². The highest BCUT2D eigenvalue weighted by atomic mass is 35.5. The standard InChI is InChI=1S/C11H12Cl2/c1-9-2-4-10(5-3-9)8-11(13)6-7-12/h2-6H,7-8H2,1H3/b11-6-. The third-order valence-electron chi connectivity index (χ3n) is 1.79. The number of alkyl halides is 1. The summed E-state index contributed by atoms with van der Waals surface area (Å²) < 4.78 is 0. The first-order valence-corrected chi connectivity index (χ1v) is 5.09. The quantitative estimate of drug-likeness (QED) is 0.671. The van der Waals surface area contributed by atoms with Crippen LogP contribution in [0.15, 0.2) is 35.4 Å². The van der Waals surface area contributed by atoms with Crippen LogP contribution in [0.1, 0.15) is 11.1 Å². The molecule has 0 aliphatic heterocycles. The number of rotatable bonds is 3. The van der Waals surface area contributed by atoms with Gasteiger partial charge in [-0.05, 0) is 12.5 Å². The van der Waals surface area contributed by atoms with Gasteiger partial charge in [0.1, 0.15) is 0 Å². The first kappa shape index (κ1) is 10.6. The maximum atomic E-state index is 5.93. The molecule has 1 aromatic rings. The Hall–Kier alpha value is -0.460. The topological polar surface area (TPSA) is 0 Å². The number of halogens is 2. The van der Waals surface area contributed by atoms with E-state index >= 15 is 0 Å². The molecule has 13 heavy (non-hydrogen) atoms. The van der Waals surface area contributed by atoms with Crippen molar-refractivity contribution in [2.24, 2.45) is 0 Å². The fourth-order valence-corrected chi connectivity index (χ4v) is 1.55. The van der Waals surface area contributed by atoms with Crippen molar-refractivity contribution in [3.05, 3.63) is 46.5 Å². The summed E-state index contributed by atoms with van der Waals surface area (Å²) in [5, 5.41) is 0.804. The predicted octanol–water partition coefficient (Wildman–Crippen LogP) is 3.90. The fraction of sp³-hybridized carbons (Fsp3) is 0.273. The first-order valence-electron chi connectivity index (χ1n) is 4.18. The minimum atomic E-state index is 0.477. The van der Waals surface area contributed by atoms with Crippen molar-refractivity contribution in [2.45, 2.75) is 13.3 Å². The van der Waals surface area contributed by atoms with E-state index in [4.69, 9.17) is 23.2 Å². The van der Waals surface area contributed by atoms with Crippen LogP contribution < -0.4 is 0 Å². The molecule has 0 heterocycles. The van der Waals surface area contributed by atoms with Crippen LogP contribution in [0.2, 0.25) is 0 Å². The lowest BCUT2D eigenvalue weighted by Crippen LogP contribution is -1.85. The van der Waals surface area contributed by atoms with E-state index in [1.165, 1.54) is 11.1 Å². The van der Waals surface area contributed by atoms with Crippen LogP contribution in [0, 0.1) is 6.92 Å². The summed E-state index contributed by atoms with van der Waals surface area (Å²) in [4.78, 5) is 0. The van der Waals surface area contributed by atoms with Crippen molar-refractivity contribution in [3.8, 4) is 0 Å². The largest absolute Gasteiger partial charge is 0.122 e. The second-order valence-electron chi connectivity index (χ2n) is 2.97. The Bertz CT molecular complexity index is 285. The second-order valence-corrected chi connectivity index (χ2v) is 3.76. The molecular weight excluding hydrogens is 203 g/mol.